The van der Waals surface area contributed by atoms with Crippen LogP contribution in [0.4, 0.5) is 0 Å². The third-order valence-corrected chi connectivity index (χ3v) is 4.00. The predicted molar refractivity (Wildman–Crippen MR) is 91.0 cm³/mol. The minimum atomic E-state index is 0.781. The van der Waals surface area contributed by atoms with Gasteiger partial charge in [-0.05, 0) is 23.3 Å². The van der Waals surface area contributed by atoms with Crippen LogP contribution >= 0.6 is 0 Å². The second-order valence-corrected chi connectivity index (χ2v) is 5.66. The van der Waals surface area contributed by atoms with Crippen LogP contribution in [0.3, 0.4) is 0 Å². The summed E-state index contributed by atoms with van der Waals surface area (Å²) in [4.78, 5) is 0. The smallest absolute Gasteiger partial charge is 0.125 e. The van der Waals surface area contributed by atoms with E-state index in [1.807, 2.05) is 12.1 Å². The van der Waals surface area contributed by atoms with Gasteiger partial charge in [-0.15, -0.1) is 9.36 Å². The van der Waals surface area contributed by atoms with E-state index in [2.05, 4.69) is 82.2 Å². The zero-order valence-corrected chi connectivity index (χ0v) is 12.8. The number of aromatic nitrogens is 3. The first kappa shape index (κ1) is 13.7. The molecule has 23 heavy (non-hydrogen) atoms. The highest BCUT2D eigenvalue weighted by Crippen LogP contribution is 2.12. The van der Waals surface area contributed by atoms with Gasteiger partial charge in [-0.2, -0.15) is 0 Å². The van der Waals surface area contributed by atoms with Crippen LogP contribution in [0.15, 0.2) is 84.9 Å². The first-order valence-electron chi connectivity index (χ1n) is 7.84. The summed E-state index contributed by atoms with van der Waals surface area (Å²) in [6.45, 7) is 1.56. The largest absolute Gasteiger partial charge is 0.198 e. The molecule has 112 valence electrons. The average molecular weight is 300 g/mol. The van der Waals surface area contributed by atoms with Crippen LogP contribution in [-0.4, -0.2) is 9.90 Å². The lowest BCUT2D eigenvalue weighted by Crippen LogP contribution is -2.37. The number of fused-ring (bicyclic) bond motifs is 1. The summed E-state index contributed by atoms with van der Waals surface area (Å²) in [5.74, 6) is 0. The fraction of sp³-hybridized carbons (Fsp3) is 0.100. The number of hydrogen-bond acceptors (Lipinski definition) is 1. The van der Waals surface area contributed by atoms with Crippen molar-refractivity contribution in [2.75, 3.05) is 0 Å². The predicted octanol–water partition coefficient (Wildman–Crippen LogP) is 3.42. The van der Waals surface area contributed by atoms with Crippen molar-refractivity contribution in [3.63, 3.8) is 0 Å². The minimum Gasteiger partial charge on any atom is -0.125 e. The highest BCUT2D eigenvalue weighted by atomic mass is 15.5. The highest BCUT2D eigenvalue weighted by Gasteiger charge is 2.17. The molecule has 3 aromatic carbocycles. The first-order valence-corrected chi connectivity index (χ1v) is 7.84. The van der Waals surface area contributed by atoms with E-state index in [1.165, 1.54) is 11.1 Å². The van der Waals surface area contributed by atoms with Crippen molar-refractivity contribution in [2.24, 2.45) is 0 Å². The van der Waals surface area contributed by atoms with Gasteiger partial charge in [-0.3, -0.25) is 0 Å². The van der Waals surface area contributed by atoms with Crippen molar-refractivity contribution in [2.45, 2.75) is 13.1 Å². The second-order valence-electron chi connectivity index (χ2n) is 5.66. The molecule has 4 aromatic rings. The SMILES string of the molecule is c1ccc(Cn2n[n+](Cc3ccccc3)c3ccccc32)cc1. The van der Waals surface area contributed by atoms with Crippen LogP contribution in [0.25, 0.3) is 11.0 Å². The van der Waals surface area contributed by atoms with Gasteiger partial charge in [-0.1, -0.05) is 72.8 Å². The monoisotopic (exact) mass is 300 g/mol. The van der Waals surface area contributed by atoms with E-state index < -0.39 is 0 Å². The molecule has 4 rings (SSSR count). The summed E-state index contributed by atoms with van der Waals surface area (Å²) in [5, 5.41) is 4.81. The van der Waals surface area contributed by atoms with E-state index in [1.54, 1.807) is 0 Å². The molecule has 1 heterocycles. The average Bonchev–Trinajstić information content (AvgIpc) is 2.95. The summed E-state index contributed by atoms with van der Waals surface area (Å²) in [6.07, 6.45) is 0. The van der Waals surface area contributed by atoms with Crippen molar-refractivity contribution in [3.8, 4) is 0 Å². The number of para-hydroxylation sites is 2. The third kappa shape index (κ3) is 2.86. The fourth-order valence-electron chi connectivity index (χ4n) is 2.87. The Labute approximate surface area is 135 Å². The van der Waals surface area contributed by atoms with Crippen molar-refractivity contribution in [3.05, 3.63) is 96.1 Å². The number of hydrogen-bond donors (Lipinski definition) is 0. The Bertz CT molecular complexity index is 836. The maximum Gasteiger partial charge on any atom is 0.198 e. The topological polar surface area (TPSA) is 21.7 Å². The molecule has 0 saturated heterocycles. The van der Waals surface area contributed by atoms with Crippen molar-refractivity contribution < 1.29 is 4.68 Å². The molecule has 0 aliphatic rings. The zero-order valence-electron chi connectivity index (χ0n) is 12.8. The summed E-state index contributed by atoms with van der Waals surface area (Å²) < 4.78 is 4.15. The molecular weight excluding hydrogens is 282 g/mol. The zero-order chi connectivity index (χ0) is 15.5. The van der Waals surface area contributed by atoms with Gasteiger partial charge in [0.25, 0.3) is 0 Å². The lowest BCUT2D eigenvalue weighted by atomic mass is 10.2. The van der Waals surface area contributed by atoms with Gasteiger partial charge < -0.3 is 0 Å². The molecule has 0 aliphatic heterocycles. The van der Waals surface area contributed by atoms with Crippen LogP contribution in [0.2, 0.25) is 0 Å². The van der Waals surface area contributed by atoms with Crippen LogP contribution in [0.1, 0.15) is 11.1 Å². The van der Waals surface area contributed by atoms with Crippen LogP contribution in [0.5, 0.6) is 0 Å². The molecule has 0 amide bonds. The number of rotatable bonds is 4. The molecule has 0 saturated carbocycles. The molecule has 1 aromatic heterocycles. The molecule has 0 radical (unpaired) electrons. The van der Waals surface area contributed by atoms with Crippen molar-refractivity contribution in [1.29, 1.82) is 0 Å². The van der Waals surface area contributed by atoms with Gasteiger partial charge in [0, 0.05) is 0 Å². The lowest BCUT2D eigenvalue weighted by Gasteiger charge is -1.96. The Hall–Kier alpha value is -2.94. The van der Waals surface area contributed by atoms with Crippen molar-refractivity contribution in [1.82, 2.24) is 9.90 Å². The molecule has 0 fully saturated rings. The minimum absolute atomic E-state index is 0.781. The second kappa shape index (κ2) is 6.05. The Balaban J connectivity index is 1.74. The molecule has 0 spiro atoms. The molecule has 0 bridgehead atoms. The van der Waals surface area contributed by atoms with Crippen LogP contribution < -0.4 is 4.68 Å². The van der Waals surface area contributed by atoms with E-state index in [9.17, 15) is 0 Å². The summed E-state index contributed by atoms with van der Waals surface area (Å²) in [7, 11) is 0. The summed E-state index contributed by atoms with van der Waals surface area (Å²) in [5.41, 5.74) is 4.83. The maximum atomic E-state index is 4.81. The molecule has 0 aliphatic carbocycles. The highest BCUT2D eigenvalue weighted by molar-refractivity contribution is 5.70. The molecule has 0 atom stereocenters. The number of benzene rings is 3. The Morgan fingerprint density at radius 2 is 1.30 bits per heavy atom. The standard InChI is InChI=1S/C20H18N3/c1-3-9-17(10-4-1)15-22-19-13-7-8-14-20(19)23(21-22)16-18-11-5-2-6-12-18/h1-14H,15-16H2/q+1. The fourth-order valence-corrected chi connectivity index (χ4v) is 2.87. The molecule has 0 unspecified atom stereocenters. The van der Waals surface area contributed by atoms with E-state index in [4.69, 9.17) is 5.21 Å². The Kier molecular flexibility index (Phi) is 3.60. The molecular formula is C20H18N3+. The van der Waals surface area contributed by atoms with Crippen LogP contribution in [-0.2, 0) is 13.1 Å². The molecule has 0 N–H and O–H groups in total. The third-order valence-electron chi connectivity index (χ3n) is 4.00. The molecule has 3 heteroatoms. The first-order chi connectivity index (χ1) is 11.4. The van der Waals surface area contributed by atoms with Gasteiger partial charge in [0.05, 0.1) is 5.21 Å². The van der Waals surface area contributed by atoms with E-state index in [0.717, 1.165) is 24.1 Å². The lowest BCUT2D eigenvalue weighted by molar-refractivity contribution is -0.724. The van der Waals surface area contributed by atoms with Crippen LogP contribution in [0, 0.1) is 0 Å². The van der Waals surface area contributed by atoms with Gasteiger partial charge in [0.1, 0.15) is 13.1 Å². The van der Waals surface area contributed by atoms with Gasteiger partial charge >= 0.3 is 0 Å². The normalized spacial score (nSPS) is 11.0. The number of nitrogens with zero attached hydrogens (tertiary/aromatic N) is 3. The van der Waals surface area contributed by atoms with Crippen molar-refractivity contribution >= 4 is 11.0 Å². The summed E-state index contributed by atoms with van der Waals surface area (Å²) in [6, 6.07) is 29.3. The Morgan fingerprint density at radius 3 is 2.04 bits per heavy atom. The van der Waals surface area contributed by atoms with Gasteiger partial charge in [0.2, 0.25) is 0 Å². The van der Waals surface area contributed by atoms with Gasteiger partial charge in [0.15, 0.2) is 11.0 Å². The quantitative estimate of drug-likeness (QED) is 0.529. The Morgan fingerprint density at radius 1 is 0.696 bits per heavy atom. The van der Waals surface area contributed by atoms with E-state index in [0.29, 0.717) is 0 Å². The van der Waals surface area contributed by atoms with Gasteiger partial charge in [-0.25, -0.2) is 0 Å². The molecule has 3 nitrogen and oxygen atoms in total. The summed E-state index contributed by atoms with van der Waals surface area (Å²) >= 11 is 0. The maximum absolute atomic E-state index is 4.81. The van der Waals surface area contributed by atoms with E-state index in [-0.39, 0.29) is 0 Å². The van der Waals surface area contributed by atoms with E-state index >= 15 is 0 Å².